The number of hydrogen-bond acceptors (Lipinski definition) is 3. The van der Waals surface area contributed by atoms with Crippen molar-refractivity contribution < 1.29 is 0 Å². The van der Waals surface area contributed by atoms with Crippen LogP contribution >= 0.6 is 0 Å². The maximum Gasteiger partial charge on any atom is 0.0967 e. The van der Waals surface area contributed by atoms with Gasteiger partial charge in [-0.2, -0.15) is 0 Å². The zero-order valence-corrected chi connectivity index (χ0v) is 11.7. The maximum atomic E-state index is 8.97. The van der Waals surface area contributed by atoms with E-state index in [0.717, 1.165) is 11.1 Å². The van der Waals surface area contributed by atoms with E-state index < -0.39 is 5.54 Å². The van der Waals surface area contributed by atoms with Crippen LogP contribution in [0.3, 0.4) is 0 Å². The van der Waals surface area contributed by atoms with E-state index in [1.165, 1.54) is 6.08 Å². The number of allylic oxidation sites excluding steroid dienone is 1. The van der Waals surface area contributed by atoms with Crippen LogP contribution in [0.25, 0.3) is 31.3 Å². The van der Waals surface area contributed by atoms with Gasteiger partial charge >= 0.3 is 0 Å². The molecular formula is C13H11N9. The first-order valence-electron chi connectivity index (χ1n) is 6.31. The van der Waals surface area contributed by atoms with Gasteiger partial charge in [-0.3, -0.25) is 0 Å². The van der Waals surface area contributed by atoms with Gasteiger partial charge in [-0.1, -0.05) is 45.7 Å². The minimum absolute atomic E-state index is 0.191. The van der Waals surface area contributed by atoms with Gasteiger partial charge in [0.25, 0.3) is 0 Å². The summed E-state index contributed by atoms with van der Waals surface area (Å²) < 4.78 is 0. The molecule has 2 rings (SSSR count). The van der Waals surface area contributed by atoms with Crippen LogP contribution in [0.1, 0.15) is 17.5 Å². The van der Waals surface area contributed by atoms with E-state index >= 15 is 0 Å². The number of nitrogens with zero attached hydrogens (tertiary/aromatic N) is 9. The highest BCUT2D eigenvalue weighted by atomic mass is 15.2. The van der Waals surface area contributed by atoms with Crippen LogP contribution in [-0.4, -0.2) is 0 Å². The molecule has 0 radical (unpaired) electrons. The van der Waals surface area contributed by atoms with Crippen molar-refractivity contribution in [3.05, 3.63) is 90.3 Å². The third-order valence-corrected chi connectivity index (χ3v) is 3.32. The summed E-state index contributed by atoms with van der Waals surface area (Å²) in [5, 5.41) is 11.0. The number of azide groups is 3. The van der Waals surface area contributed by atoms with Crippen molar-refractivity contribution >= 4 is 0 Å². The summed E-state index contributed by atoms with van der Waals surface area (Å²) in [7, 11) is 0. The van der Waals surface area contributed by atoms with Crippen molar-refractivity contribution in [3.63, 3.8) is 0 Å². The van der Waals surface area contributed by atoms with Crippen molar-refractivity contribution in [1.29, 1.82) is 0 Å². The molecule has 9 nitrogen and oxygen atoms in total. The van der Waals surface area contributed by atoms with Crippen LogP contribution in [0.4, 0.5) is 0 Å². The number of aryl methyl sites for hydroxylation is 1. The van der Waals surface area contributed by atoms with Crippen LogP contribution < -0.4 is 0 Å². The molecule has 0 heterocycles. The van der Waals surface area contributed by atoms with E-state index in [1.807, 2.05) is 31.2 Å². The summed E-state index contributed by atoms with van der Waals surface area (Å²) in [6, 6.07) is 7.40. The molecule has 1 aromatic carbocycles. The van der Waals surface area contributed by atoms with Crippen molar-refractivity contribution in [2.45, 2.75) is 18.9 Å². The topological polar surface area (TPSA) is 146 Å². The van der Waals surface area contributed by atoms with Gasteiger partial charge in [-0.05, 0) is 47.1 Å². The third-order valence-electron chi connectivity index (χ3n) is 3.32. The standard InChI is InChI=1S/C13H11N9/c1-9-4-2-3-5-12(9)13(19-22-16)7-10(17-20-14)6-11(8-13)18-21-15/h2-7H,8H2,1H3. The third kappa shape index (κ3) is 2.87. The fourth-order valence-electron chi connectivity index (χ4n) is 2.50. The fourth-order valence-corrected chi connectivity index (χ4v) is 2.50. The molecular weight excluding hydrogens is 282 g/mol. The van der Waals surface area contributed by atoms with Gasteiger partial charge < -0.3 is 0 Å². The Morgan fingerprint density at radius 1 is 1.05 bits per heavy atom. The predicted molar refractivity (Wildman–Crippen MR) is 81.1 cm³/mol. The van der Waals surface area contributed by atoms with E-state index in [-0.39, 0.29) is 12.1 Å². The average Bonchev–Trinajstić information content (AvgIpc) is 2.48. The van der Waals surface area contributed by atoms with Crippen LogP contribution in [0.5, 0.6) is 0 Å². The second kappa shape index (κ2) is 6.39. The maximum absolute atomic E-state index is 8.97. The predicted octanol–water partition coefficient (Wildman–Crippen LogP) is 5.29. The molecule has 0 amide bonds. The SMILES string of the molecule is Cc1ccccc1C1(N=[N+]=[N-])C=C(N=[N+]=[N-])C=C(N=[N+]=[N-])C1. The highest BCUT2D eigenvalue weighted by Gasteiger charge is 2.34. The summed E-state index contributed by atoms with van der Waals surface area (Å²) in [5.41, 5.74) is 27.4. The monoisotopic (exact) mass is 293 g/mol. The minimum atomic E-state index is -1.10. The number of rotatable bonds is 4. The smallest absolute Gasteiger partial charge is 0.0781 e. The minimum Gasteiger partial charge on any atom is -0.0781 e. The molecule has 0 saturated carbocycles. The van der Waals surface area contributed by atoms with Crippen LogP contribution in [0, 0.1) is 6.92 Å². The lowest BCUT2D eigenvalue weighted by Gasteiger charge is -2.31. The normalized spacial score (nSPS) is 19.7. The Morgan fingerprint density at radius 2 is 1.77 bits per heavy atom. The first-order chi connectivity index (χ1) is 10.6. The highest BCUT2D eigenvalue weighted by Crippen LogP contribution is 2.41. The van der Waals surface area contributed by atoms with E-state index in [9.17, 15) is 0 Å². The highest BCUT2D eigenvalue weighted by molar-refractivity contribution is 5.44. The van der Waals surface area contributed by atoms with E-state index in [1.54, 1.807) is 6.08 Å². The van der Waals surface area contributed by atoms with Crippen LogP contribution in [0.2, 0.25) is 0 Å². The molecule has 0 aliphatic heterocycles. The first kappa shape index (κ1) is 15.0. The lowest BCUT2D eigenvalue weighted by atomic mass is 9.80. The Hall–Kier alpha value is -3.37. The summed E-state index contributed by atoms with van der Waals surface area (Å²) in [6.45, 7) is 1.89. The molecule has 1 aliphatic carbocycles. The van der Waals surface area contributed by atoms with Crippen molar-refractivity contribution in [2.75, 3.05) is 0 Å². The van der Waals surface area contributed by atoms with Gasteiger partial charge in [-0.25, -0.2) is 0 Å². The van der Waals surface area contributed by atoms with Crippen LogP contribution in [-0.2, 0) is 5.54 Å². The lowest BCUT2D eigenvalue weighted by molar-refractivity contribution is 0.533. The molecule has 108 valence electrons. The first-order valence-corrected chi connectivity index (χ1v) is 6.31. The molecule has 22 heavy (non-hydrogen) atoms. The van der Waals surface area contributed by atoms with Crippen molar-refractivity contribution in [3.8, 4) is 0 Å². The van der Waals surface area contributed by atoms with E-state index in [4.69, 9.17) is 16.6 Å². The largest absolute Gasteiger partial charge is 0.0967 e. The number of benzene rings is 1. The molecule has 1 unspecified atom stereocenters. The molecule has 1 aliphatic rings. The summed E-state index contributed by atoms with van der Waals surface area (Å²) in [6.07, 6.45) is 3.25. The Bertz CT molecular complexity index is 803. The van der Waals surface area contributed by atoms with E-state index in [0.29, 0.717) is 5.70 Å². The van der Waals surface area contributed by atoms with Crippen molar-refractivity contribution in [1.82, 2.24) is 0 Å². The van der Waals surface area contributed by atoms with Gasteiger partial charge in [0.2, 0.25) is 0 Å². The molecule has 0 spiro atoms. The molecule has 1 aromatic rings. The van der Waals surface area contributed by atoms with Gasteiger partial charge in [0.1, 0.15) is 0 Å². The number of hydrogen-bond donors (Lipinski definition) is 0. The summed E-state index contributed by atoms with van der Waals surface area (Å²) in [4.78, 5) is 8.42. The second-order valence-corrected chi connectivity index (χ2v) is 4.69. The van der Waals surface area contributed by atoms with E-state index in [2.05, 4.69) is 30.1 Å². The quantitative estimate of drug-likeness (QED) is 0.403. The Kier molecular flexibility index (Phi) is 4.36. The van der Waals surface area contributed by atoms with Gasteiger partial charge in [0.15, 0.2) is 0 Å². The Labute approximate surface area is 125 Å². The Morgan fingerprint density at radius 3 is 2.41 bits per heavy atom. The summed E-state index contributed by atoms with van der Waals surface area (Å²) in [5.74, 6) is 0. The Balaban J connectivity index is 2.72. The zero-order valence-electron chi connectivity index (χ0n) is 11.7. The van der Waals surface area contributed by atoms with Crippen LogP contribution in [0.15, 0.2) is 63.2 Å². The van der Waals surface area contributed by atoms with Gasteiger partial charge in [0, 0.05) is 26.1 Å². The molecule has 1 atom stereocenters. The lowest BCUT2D eigenvalue weighted by Crippen LogP contribution is -2.24. The molecule has 0 saturated heterocycles. The second-order valence-electron chi connectivity index (χ2n) is 4.69. The zero-order chi connectivity index (χ0) is 16.0. The summed E-state index contributed by atoms with van der Waals surface area (Å²) >= 11 is 0. The van der Waals surface area contributed by atoms with Gasteiger partial charge in [0.05, 0.1) is 5.54 Å². The average molecular weight is 293 g/mol. The molecule has 0 fully saturated rings. The molecule has 0 aromatic heterocycles. The van der Waals surface area contributed by atoms with Crippen molar-refractivity contribution in [2.24, 2.45) is 15.3 Å². The molecule has 0 N–H and O–H groups in total. The molecule has 9 heteroatoms. The fraction of sp³-hybridized carbons (Fsp3) is 0.231. The molecule has 0 bridgehead atoms. The van der Waals surface area contributed by atoms with Gasteiger partial charge in [-0.15, -0.1) is 0 Å².